The minimum absolute atomic E-state index is 0.123. The molecule has 7 nitrogen and oxygen atoms in total. The predicted octanol–water partition coefficient (Wildman–Crippen LogP) is 2.64. The molecule has 1 aliphatic heterocycles. The second kappa shape index (κ2) is 8.73. The molecular formula is C20H25N3O4. The quantitative estimate of drug-likeness (QED) is 0.689. The first-order valence-corrected chi connectivity index (χ1v) is 9.20. The van der Waals surface area contributed by atoms with Crippen LogP contribution in [0.15, 0.2) is 36.5 Å². The second-order valence-corrected chi connectivity index (χ2v) is 6.55. The zero-order valence-electron chi connectivity index (χ0n) is 15.4. The van der Waals surface area contributed by atoms with E-state index in [1.54, 1.807) is 18.2 Å². The zero-order chi connectivity index (χ0) is 19.2. The van der Waals surface area contributed by atoms with Gasteiger partial charge < -0.3 is 25.2 Å². The van der Waals surface area contributed by atoms with Gasteiger partial charge in [0.2, 0.25) is 0 Å². The molecule has 0 saturated carbocycles. The van der Waals surface area contributed by atoms with Gasteiger partial charge in [-0.25, -0.2) is 9.78 Å². The molecule has 1 aliphatic rings. The van der Waals surface area contributed by atoms with Crippen LogP contribution in [-0.2, 0) is 6.54 Å². The molecule has 1 aromatic carbocycles. The highest BCUT2D eigenvalue weighted by Gasteiger charge is 2.23. The van der Waals surface area contributed by atoms with E-state index in [0.717, 1.165) is 37.3 Å². The molecule has 144 valence electrons. The molecule has 0 unspecified atom stereocenters. The molecule has 0 amide bonds. The minimum atomic E-state index is -0.984. The number of anilines is 1. The van der Waals surface area contributed by atoms with E-state index in [0.29, 0.717) is 24.9 Å². The normalized spacial score (nSPS) is 14.7. The standard InChI is InChI=1S/C20H25N3O4/c1-2-27-18-11-14(3-5-17(18)24)13-23(16-7-9-21-10-8-16)19-6-4-15(12-22-19)20(25)26/h3-6,11-12,16,21,24H,2,7-10,13H2,1H3,(H,25,26). The van der Waals surface area contributed by atoms with Gasteiger partial charge in [0, 0.05) is 18.8 Å². The first-order chi connectivity index (χ1) is 13.1. The van der Waals surface area contributed by atoms with Crippen molar-refractivity contribution >= 4 is 11.8 Å². The number of aromatic nitrogens is 1. The van der Waals surface area contributed by atoms with Crippen molar-refractivity contribution in [3.8, 4) is 11.5 Å². The van der Waals surface area contributed by atoms with Crippen LogP contribution >= 0.6 is 0 Å². The van der Waals surface area contributed by atoms with Crippen molar-refractivity contribution in [1.29, 1.82) is 0 Å². The summed E-state index contributed by atoms with van der Waals surface area (Å²) in [5.74, 6) is 0.354. The zero-order valence-corrected chi connectivity index (χ0v) is 15.4. The molecule has 7 heteroatoms. The van der Waals surface area contributed by atoms with Crippen LogP contribution in [0.1, 0.15) is 35.7 Å². The lowest BCUT2D eigenvalue weighted by Crippen LogP contribution is -2.43. The Kier molecular flexibility index (Phi) is 6.13. The van der Waals surface area contributed by atoms with Crippen LogP contribution in [-0.4, -0.2) is 46.9 Å². The Morgan fingerprint density at radius 3 is 2.70 bits per heavy atom. The number of hydrogen-bond donors (Lipinski definition) is 3. The summed E-state index contributed by atoms with van der Waals surface area (Å²) in [5.41, 5.74) is 1.17. The van der Waals surface area contributed by atoms with Crippen molar-refractivity contribution < 1.29 is 19.7 Å². The molecule has 2 heterocycles. The lowest BCUT2D eigenvalue weighted by molar-refractivity contribution is 0.0696. The van der Waals surface area contributed by atoms with Gasteiger partial charge in [0.15, 0.2) is 11.5 Å². The molecule has 1 fully saturated rings. The SMILES string of the molecule is CCOc1cc(CN(c2ccc(C(=O)O)cn2)C2CCNCC2)ccc1O. The number of carbonyl (C=O) groups is 1. The summed E-state index contributed by atoms with van der Waals surface area (Å²) in [6, 6.07) is 9.01. The second-order valence-electron chi connectivity index (χ2n) is 6.55. The number of benzene rings is 1. The smallest absolute Gasteiger partial charge is 0.337 e. The first kappa shape index (κ1) is 19.0. The van der Waals surface area contributed by atoms with Gasteiger partial charge in [0.25, 0.3) is 0 Å². The number of nitrogens with zero attached hydrogens (tertiary/aromatic N) is 2. The maximum atomic E-state index is 11.1. The van der Waals surface area contributed by atoms with E-state index in [1.165, 1.54) is 6.20 Å². The molecular weight excluding hydrogens is 346 g/mol. The van der Waals surface area contributed by atoms with E-state index < -0.39 is 5.97 Å². The van der Waals surface area contributed by atoms with Gasteiger partial charge in [-0.2, -0.15) is 0 Å². The largest absolute Gasteiger partial charge is 0.504 e. The maximum Gasteiger partial charge on any atom is 0.337 e. The van der Waals surface area contributed by atoms with Gasteiger partial charge in [-0.05, 0) is 62.7 Å². The number of carboxylic acids is 1. The molecule has 3 rings (SSSR count). The van der Waals surface area contributed by atoms with E-state index in [4.69, 9.17) is 9.84 Å². The molecule has 0 aliphatic carbocycles. The maximum absolute atomic E-state index is 11.1. The van der Waals surface area contributed by atoms with Crippen LogP contribution in [0.4, 0.5) is 5.82 Å². The fourth-order valence-electron chi connectivity index (χ4n) is 3.32. The summed E-state index contributed by atoms with van der Waals surface area (Å²) in [6.45, 7) is 4.83. The van der Waals surface area contributed by atoms with E-state index in [2.05, 4.69) is 15.2 Å². The molecule has 2 aromatic rings. The summed E-state index contributed by atoms with van der Waals surface area (Å²) in [4.78, 5) is 17.7. The molecule has 1 saturated heterocycles. The number of aromatic hydroxyl groups is 1. The van der Waals surface area contributed by atoms with E-state index in [1.807, 2.05) is 19.1 Å². The number of pyridine rings is 1. The summed E-state index contributed by atoms with van der Waals surface area (Å²) in [6.07, 6.45) is 3.37. The van der Waals surface area contributed by atoms with Gasteiger partial charge in [-0.15, -0.1) is 0 Å². The summed E-state index contributed by atoms with van der Waals surface area (Å²) >= 11 is 0. The van der Waals surface area contributed by atoms with Crippen LogP contribution in [0.25, 0.3) is 0 Å². The summed E-state index contributed by atoms with van der Waals surface area (Å²) in [5, 5.41) is 22.4. The van der Waals surface area contributed by atoms with E-state index >= 15 is 0 Å². The number of ether oxygens (including phenoxy) is 1. The Morgan fingerprint density at radius 1 is 1.30 bits per heavy atom. The van der Waals surface area contributed by atoms with Gasteiger partial charge in [-0.3, -0.25) is 0 Å². The number of rotatable bonds is 7. The highest BCUT2D eigenvalue weighted by Crippen LogP contribution is 2.29. The first-order valence-electron chi connectivity index (χ1n) is 9.20. The Labute approximate surface area is 158 Å². The Hall–Kier alpha value is -2.80. The lowest BCUT2D eigenvalue weighted by Gasteiger charge is -2.35. The third-order valence-corrected chi connectivity index (χ3v) is 4.72. The predicted molar refractivity (Wildman–Crippen MR) is 103 cm³/mol. The summed E-state index contributed by atoms with van der Waals surface area (Å²) < 4.78 is 5.49. The monoisotopic (exact) mass is 371 g/mol. The number of aromatic carboxylic acids is 1. The molecule has 0 atom stereocenters. The van der Waals surface area contributed by atoms with Gasteiger partial charge >= 0.3 is 5.97 Å². The van der Waals surface area contributed by atoms with Crippen molar-refractivity contribution in [2.45, 2.75) is 32.4 Å². The lowest BCUT2D eigenvalue weighted by atomic mass is 10.0. The topological polar surface area (TPSA) is 94.9 Å². The molecule has 27 heavy (non-hydrogen) atoms. The van der Waals surface area contributed by atoms with Gasteiger partial charge in [-0.1, -0.05) is 6.07 Å². The third-order valence-electron chi connectivity index (χ3n) is 4.72. The molecule has 0 radical (unpaired) electrons. The van der Waals surface area contributed by atoms with Crippen LogP contribution in [0.2, 0.25) is 0 Å². The highest BCUT2D eigenvalue weighted by atomic mass is 16.5. The Morgan fingerprint density at radius 2 is 2.07 bits per heavy atom. The van der Waals surface area contributed by atoms with Crippen LogP contribution in [0.3, 0.4) is 0 Å². The number of nitrogens with one attached hydrogen (secondary N) is 1. The minimum Gasteiger partial charge on any atom is -0.504 e. The van der Waals surface area contributed by atoms with E-state index in [9.17, 15) is 9.90 Å². The van der Waals surface area contributed by atoms with Gasteiger partial charge in [0.1, 0.15) is 5.82 Å². The number of piperidine rings is 1. The van der Waals surface area contributed by atoms with Crippen molar-refractivity contribution in [2.75, 3.05) is 24.6 Å². The number of carboxylic acid groups (broad SMARTS) is 1. The van der Waals surface area contributed by atoms with Crippen molar-refractivity contribution in [3.05, 3.63) is 47.7 Å². The highest BCUT2D eigenvalue weighted by molar-refractivity contribution is 5.87. The van der Waals surface area contributed by atoms with E-state index in [-0.39, 0.29) is 11.3 Å². The molecule has 0 bridgehead atoms. The van der Waals surface area contributed by atoms with Crippen LogP contribution in [0, 0.1) is 0 Å². The Balaban J connectivity index is 1.88. The molecule has 3 N–H and O–H groups in total. The average molecular weight is 371 g/mol. The van der Waals surface area contributed by atoms with Crippen LogP contribution in [0.5, 0.6) is 11.5 Å². The number of hydrogen-bond acceptors (Lipinski definition) is 6. The van der Waals surface area contributed by atoms with Crippen molar-refractivity contribution in [1.82, 2.24) is 10.3 Å². The van der Waals surface area contributed by atoms with Crippen molar-refractivity contribution in [3.63, 3.8) is 0 Å². The van der Waals surface area contributed by atoms with Gasteiger partial charge in [0.05, 0.1) is 12.2 Å². The van der Waals surface area contributed by atoms with Crippen molar-refractivity contribution in [2.24, 2.45) is 0 Å². The fourth-order valence-corrected chi connectivity index (χ4v) is 3.32. The molecule has 1 aromatic heterocycles. The third kappa shape index (κ3) is 4.68. The van der Waals surface area contributed by atoms with Crippen LogP contribution < -0.4 is 15.0 Å². The summed E-state index contributed by atoms with van der Waals surface area (Å²) in [7, 11) is 0. The average Bonchev–Trinajstić information content (AvgIpc) is 2.69. The number of phenolic OH excluding ortho intramolecular Hbond substituents is 1. The fraction of sp³-hybridized carbons (Fsp3) is 0.400. The Bertz CT molecular complexity index is 773. The molecule has 0 spiro atoms. The number of phenols is 1.